The third kappa shape index (κ3) is 1.95. The predicted octanol–water partition coefficient (Wildman–Crippen LogP) is 1.12. The second-order valence-corrected chi connectivity index (χ2v) is 3.54. The number of amides is 2. The average Bonchev–Trinajstić information content (AvgIpc) is 2.65. The molecular formula is C10H11N3O3. The highest BCUT2D eigenvalue weighted by Gasteiger charge is 2.22. The minimum atomic E-state index is -0.427. The molecule has 0 saturated carbocycles. The van der Waals surface area contributed by atoms with Crippen molar-refractivity contribution in [1.29, 1.82) is 0 Å². The summed E-state index contributed by atoms with van der Waals surface area (Å²) in [5.74, 6) is 0. The number of carbonyl (C=O) groups is 1. The molecule has 0 spiro atoms. The van der Waals surface area contributed by atoms with E-state index < -0.39 is 4.92 Å². The van der Waals surface area contributed by atoms with Crippen molar-refractivity contribution < 1.29 is 9.72 Å². The Bertz CT molecular complexity index is 433. The number of nitrogens with one attached hydrogen (secondary N) is 1. The van der Waals surface area contributed by atoms with Gasteiger partial charge in [0.05, 0.1) is 11.5 Å². The highest BCUT2D eigenvalue weighted by Crippen LogP contribution is 2.19. The molecule has 2 rings (SSSR count). The Morgan fingerprint density at radius 1 is 1.44 bits per heavy atom. The van der Waals surface area contributed by atoms with Gasteiger partial charge in [0.1, 0.15) is 0 Å². The van der Waals surface area contributed by atoms with Gasteiger partial charge in [0.15, 0.2) is 0 Å². The average molecular weight is 221 g/mol. The highest BCUT2D eigenvalue weighted by molar-refractivity contribution is 5.76. The maximum atomic E-state index is 11.3. The number of nitro benzene ring substituents is 1. The van der Waals surface area contributed by atoms with E-state index in [-0.39, 0.29) is 18.3 Å². The third-order valence-corrected chi connectivity index (χ3v) is 2.49. The van der Waals surface area contributed by atoms with Crippen LogP contribution in [-0.4, -0.2) is 28.9 Å². The van der Waals surface area contributed by atoms with Crippen LogP contribution in [0.1, 0.15) is 5.56 Å². The Labute approximate surface area is 92.0 Å². The number of nitrogens with zero attached hydrogens (tertiary/aromatic N) is 2. The summed E-state index contributed by atoms with van der Waals surface area (Å²) in [4.78, 5) is 23.2. The topological polar surface area (TPSA) is 75.5 Å². The Morgan fingerprint density at radius 3 is 2.81 bits per heavy atom. The van der Waals surface area contributed by atoms with Crippen molar-refractivity contribution in [1.82, 2.24) is 10.2 Å². The fraction of sp³-hybridized carbons (Fsp3) is 0.300. The number of carbonyl (C=O) groups excluding carboxylic acids is 1. The molecule has 0 atom stereocenters. The molecule has 1 aromatic carbocycles. The fourth-order valence-electron chi connectivity index (χ4n) is 1.69. The molecule has 1 N–H and O–H groups in total. The number of nitro groups is 1. The monoisotopic (exact) mass is 221 g/mol. The Kier molecular flexibility index (Phi) is 2.72. The molecule has 2 amide bonds. The Hall–Kier alpha value is -2.11. The van der Waals surface area contributed by atoms with E-state index in [0.717, 1.165) is 0 Å². The van der Waals surface area contributed by atoms with E-state index in [9.17, 15) is 14.9 Å². The summed E-state index contributed by atoms with van der Waals surface area (Å²) in [6, 6.07) is 6.30. The lowest BCUT2D eigenvalue weighted by Crippen LogP contribution is -2.27. The molecule has 1 saturated heterocycles. The quantitative estimate of drug-likeness (QED) is 0.613. The van der Waals surface area contributed by atoms with Crippen molar-refractivity contribution >= 4 is 11.7 Å². The maximum absolute atomic E-state index is 11.3. The van der Waals surface area contributed by atoms with Crippen LogP contribution in [0.4, 0.5) is 10.5 Å². The van der Waals surface area contributed by atoms with Crippen molar-refractivity contribution in [2.24, 2.45) is 0 Å². The van der Waals surface area contributed by atoms with Crippen LogP contribution in [0.25, 0.3) is 0 Å². The van der Waals surface area contributed by atoms with Gasteiger partial charge in [-0.25, -0.2) is 4.79 Å². The zero-order valence-electron chi connectivity index (χ0n) is 8.55. The molecule has 0 aromatic heterocycles. The van der Waals surface area contributed by atoms with Crippen molar-refractivity contribution in [2.45, 2.75) is 6.54 Å². The van der Waals surface area contributed by atoms with Crippen molar-refractivity contribution in [2.75, 3.05) is 13.1 Å². The molecule has 1 heterocycles. The van der Waals surface area contributed by atoms with Gasteiger partial charge in [0.25, 0.3) is 5.69 Å². The molecule has 0 aliphatic carbocycles. The van der Waals surface area contributed by atoms with Gasteiger partial charge in [0, 0.05) is 24.7 Å². The minimum absolute atomic E-state index is 0.0576. The Balaban J connectivity index is 2.20. The van der Waals surface area contributed by atoms with E-state index in [1.165, 1.54) is 6.07 Å². The van der Waals surface area contributed by atoms with E-state index in [1.54, 1.807) is 23.1 Å². The number of benzene rings is 1. The number of urea groups is 1. The van der Waals surface area contributed by atoms with Crippen molar-refractivity contribution in [3.8, 4) is 0 Å². The lowest BCUT2D eigenvalue weighted by molar-refractivity contribution is -0.385. The van der Waals surface area contributed by atoms with Gasteiger partial charge in [-0.2, -0.15) is 0 Å². The van der Waals surface area contributed by atoms with Gasteiger partial charge < -0.3 is 10.2 Å². The summed E-state index contributed by atoms with van der Waals surface area (Å²) in [6.45, 7) is 1.47. The lowest BCUT2D eigenvalue weighted by atomic mass is 10.1. The van der Waals surface area contributed by atoms with Crippen LogP contribution in [0.3, 0.4) is 0 Å². The SMILES string of the molecule is O=C1NCCN1Cc1ccccc1[N+](=O)[O-]. The molecule has 84 valence electrons. The predicted molar refractivity (Wildman–Crippen MR) is 56.9 cm³/mol. The summed E-state index contributed by atoms with van der Waals surface area (Å²) in [6.07, 6.45) is 0. The van der Waals surface area contributed by atoms with Gasteiger partial charge >= 0.3 is 6.03 Å². The number of rotatable bonds is 3. The lowest BCUT2D eigenvalue weighted by Gasteiger charge is -2.13. The van der Waals surface area contributed by atoms with E-state index in [0.29, 0.717) is 18.7 Å². The molecular weight excluding hydrogens is 210 g/mol. The van der Waals surface area contributed by atoms with Crippen LogP contribution in [0, 0.1) is 10.1 Å². The van der Waals surface area contributed by atoms with Crippen LogP contribution in [-0.2, 0) is 6.54 Å². The summed E-state index contributed by atoms with van der Waals surface area (Å²) < 4.78 is 0. The summed E-state index contributed by atoms with van der Waals surface area (Å²) in [7, 11) is 0. The Morgan fingerprint density at radius 2 is 2.19 bits per heavy atom. The minimum Gasteiger partial charge on any atom is -0.336 e. The second-order valence-electron chi connectivity index (χ2n) is 3.54. The largest absolute Gasteiger partial charge is 0.336 e. The van der Waals surface area contributed by atoms with E-state index in [1.807, 2.05) is 0 Å². The first-order chi connectivity index (χ1) is 7.68. The molecule has 1 fully saturated rings. The first kappa shape index (κ1) is 10.4. The molecule has 1 aliphatic heterocycles. The molecule has 6 nitrogen and oxygen atoms in total. The maximum Gasteiger partial charge on any atom is 0.317 e. The van der Waals surface area contributed by atoms with Gasteiger partial charge in [-0.3, -0.25) is 10.1 Å². The van der Waals surface area contributed by atoms with E-state index in [2.05, 4.69) is 5.32 Å². The smallest absolute Gasteiger partial charge is 0.317 e. The van der Waals surface area contributed by atoms with E-state index >= 15 is 0 Å². The van der Waals surface area contributed by atoms with Crippen LogP contribution >= 0.6 is 0 Å². The van der Waals surface area contributed by atoms with Crippen molar-refractivity contribution in [3.63, 3.8) is 0 Å². The van der Waals surface area contributed by atoms with Crippen molar-refractivity contribution in [3.05, 3.63) is 39.9 Å². The molecule has 6 heteroatoms. The molecule has 16 heavy (non-hydrogen) atoms. The molecule has 0 radical (unpaired) electrons. The zero-order chi connectivity index (χ0) is 11.5. The summed E-state index contributed by atoms with van der Waals surface area (Å²) in [5.41, 5.74) is 0.617. The van der Waals surface area contributed by atoms with Crippen LogP contribution in [0.5, 0.6) is 0 Å². The van der Waals surface area contributed by atoms with Crippen LogP contribution < -0.4 is 5.32 Å². The fourth-order valence-corrected chi connectivity index (χ4v) is 1.69. The molecule has 0 unspecified atom stereocenters. The first-order valence-electron chi connectivity index (χ1n) is 4.93. The van der Waals surface area contributed by atoms with Gasteiger partial charge in [-0.1, -0.05) is 18.2 Å². The summed E-state index contributed by atoms with van der Waals surface area (Å²) in [5, 5.41) is 13.4. The van der Waals surface area contributed by atoms with Crippen LogP contribution in [0.2, 0.25) is 0 Å². The van der Waals surface area contributed by atoms with E-state index in [4.69, 9.17) is 0 Å². The number of para-hydroxylation sites is 1. The van der Waals surface area contributed by atoms with Gasteiger partial charge in [-0.05, 0) is 0 Å². The molecule has 1 aliphatic rings. The van der Waals surface area contributed by atoms with Crippen LogP contribution in [0.15, 0.2) is 24.3 Å². The first-order valence-corrected chi connectivity index (χ1v) is 4.93. The number of hydrogen-bond donors (Lipinski definition) is 1. The standard InChI is InChI=1S/C10H11N3O3/c14-10-11-5-6-12(10)7-8-3-1-2-4-9(8)13(15)16/h1-4H,5-7H2,(H,11,14). The van der Waals surface area contributed by atoms with Gasteiger partial charge in [-0.15, -0.1) is 0 Å². The summed E-state index contributed by atoms with van der Waals surface area (Å²) >= 11 is 0. The second kappa shape index (κ2) is 4.18. The highest BCUT2D eigenvalue weighted by atomic mass is 16.6. The zero-order valence-corrected chi connectivity index (χ0v) is 8.55. The molecule has 1 aromatic rings. The number of hydrogen-bond acceptors (Lipinski definition) is 3. The molecule has 0 bridgehead atoms. The van der Waals surface area contributed by atoms with Gasteiger partial charge in [0.2, 0.25) is 0 Å². The normalized spacial score (nSPS) is 15.0. The third-order valence-electron chi connectivity index (χ3n) is 2.49.